The SMILES string of the molecule is CC(C)C(=O)N1CCN(c2nc(NC3COC3)cc(C(=O)CC[C@H](O)CN3CCc4c(ccc(OCc5cnco5)c4Cl)C3)n2)CC1. The number of anilines is 2. The molecule has 0 radical (unpaired) electrons. The van der Waals surface area contributed by atoms with E-state index in [2.05, 4.69) is 20.2 Å². The van der Waals surface area contributed by atoms with Crippen LogP contribution in [0.1, 0.15) is 54.1 Å². The molecule has 3 aliphatic rings. The van der Waals surface area contributed by atoms with Crippen LogP contribution in [0.15, 0.2) is 35.2 Å². The zero-order chi connectivity index (χ0) is 32.9. The topological polar surface area (TPSA) is 146 Å². The van der Waals surface area contributed by atoms with Crippen molar-refractivity contribution >= 4 is 35.1 Å². The lowest BCUT2D eigenvalue weighted by atomic mass is 9.98. The third-order valence-electron chi connectivity index (χ3n) is 8.76. The van der Waals surface area contributed by atoms with E-state index in [1.54, 1.807) is 12.3 Å². The Bertz CT molecular complexity index is 1540. The number of fused-ring (bicyclic) bond motifs is 1. The van der Waals surface area contributed by atoms with Crippen LogP contribution in [-0.4, -0.2) is 106 Å². The van der Waals surface area contributed by atoms with Gasteiger partial charge in [-0.2, -0.15) is 4.98 Å². The number of nitrogens with one attached hydrogen (secondary N) is 1. The summed E-state index contributed by atoms with van der Waals surface area (Å²) in [5, 5.41) is 14.9. The molecule has 3 aliphatic heterocycles. The Kier molecular flexibility index (Phi) is 10.6. The first-order chi connectivity index (χ1) is 22.7. The highest BCUT2D eigenvalue weighted by Gasteiger charge is 2.27. The lowest BCUT2D eigenvalue weighted by molar-refractivity contribution is -0.134. The molecule has 3 aromatic rings. The number of oxazole rings is 1. The van der Waals surface area contributed by atoms with E-state index in [9.17, 15) is 14.7 Å². The van der Waals surface area contributed by atoms with Gasteiger partial charge in [0.1, 0.15) is 23.9 Å². The molecule has 5 heterocycles. The summed E-state index contributed by atoms with van der Waals surface area (Å²) >= 11 is 6.69. The van der Waals surface area contributed by atoms with Crippen molar-refractivity contribution in [1.82, 2.24) is 24.8 Å². The van der Waals surface area contributed by atoms with E-state index in [4.69, 9.17) is 30.5 Å². The van der Waals surface area contributed by atoms with E-state index in [0.29, 0.717) is 92.9 Å². The van der Waals surface area contributed by atoms with Crippen molar-refractivity contribution in [3.05, 3.63) is 58.4 Å². The standard InChI is InChI=1S/C33H42ClN7O6/c1-21(2)32(44)40-9-11-41(12-10-40)33-37-27(13-30(38-33)36-23-17-45-18-23)28(43)5-4-24(42)16-39-8-7-26-22(15-39)3-6-29(31(26)34)46-19-25-14-35-20-47-25/h3,6,13-14,20-21,23-24,42H,4-5,7-12,15-19H2,1-2H3,(H,36,37,38)/t24-/m0/s1. The molecule has 2 fully saturated rings. The van der Waals surface area contributed by atoms with Crippen molar-refractivity contribution in [2.24, 2.45) is 5.92 Å². The van der Waals surface area contributed by atoms with E-state index in [-0.39, 0.29) is 36.7 Å². The van der Waals surface area contributed by atoms with Crippen molar-refractivity contribution in [3.8, 4) is 5.75 Å². The summed E-state index contributed by atoms with van der Waals surface area (Å²) < 4.78 is 16.4. The monoisotopic (exact) mass is 667 g/mol. The summed E-state index contributed by atoms with van der Waals surface area (Å²) in [6, 6.07) is 5.68. The molecular weight excluding hydrogens is 626 g/mol. The van der Waals surface area contributed by atoms with Crippen molar-refractivity contribution in [1.29, 1.82) is 0 Å². The van der Waals surface area contributed by atoms with Crippen LogP contribution in [0.5, 0.6) is 5.75 Å². The number of ketones is 1. The van der Waals surface area contributed by atoms with Gasteiger partial charge in [-0.15, -0.1) is 0 Å². The van der Waals surface area contributed by atoms with E-state index >= 15 is 0 Å². The number of amides is 1. The molecule has 0 bridgehead atoms. The Labute approximate surface area is 279 Å². The minimum Gasteiger partial charge on any atom is -0.484 e. The summed E-state index contributed by atoms with van der Waals surface area (Å²) in [5.74, 6) is 2.19. The molecule has 2 aromatic heterocycles. The zero-order valence-corrected chi connectivity index (χ0v) is 27.6. The zero-order valence-electron chi connectivity index (χ0n) is 26.9. The second kappa shape index (κ2) is 15.0. The Morgan fingerprint density at radius 1 is 1.15 bits per heavy atom. The number of piperazine rings is 1. The Hall–Kier alpha value is -3.78. The number of carbonyl (C=O) groups excluding carboxylic acids is 2. The minimum absolute atomic E-state index is 0.0518. The number of benzene rings is 1. The summed E-state index contributed by atoms with van der Waals surface area (Å²) in [6.45, 7) is 9.37. The average molecular weight is 668 g/mol. The normalized spacial score (nSPS) is 17.7. The molecular formula is C33H42ClN7O6. The number of β-amino-alcohol motifs (C(OH)–C–C–N with tert-alkyl or cyclic N) is 1. The van der Waals surface area contributed by atoms with Gasteiger partial charge >= 0.3 is 0 Å². The molecule has 47 heavy (non-hydrogen) atoms. The fourth-order valence-corrected chi connectivity index (χ4v) is 6.34. The quantitative estimate of drug-likeness (QED) is 0.258. The molecule has 252 valence electrons. The van der Waals surface area contributed by atoms with Gasteiger partial charge in [0.05, 0.1) is 36.6 Å². The molecule has 0 spiro atoms. The van der Waals surface area contributed by atoms with Crippen LogP contribution in [0, 0.1) is 5.92 Å². The molecule has 1 amide bonds. The van der Waals surface area contributed by atoms with Crippen molar-refractivity contribution < 1.29 is 28.6 Å². The number of halogens is 1. The third-order valence-corrected chi connectivity index (χ3v) is 9.18. The number of ether oxygens (including phenoxy) is 2. The van der Waals surface area contributed by atoms with Crippen LogP contribution in [0.3, 0.4) is 0 Å². The van der Waals surface area contributed by atoms with Gasteiger partial charge in [-0.3, -0.25) is 14.5 Å². The van der Waals surface area contributed by atoms with Crippen molar-refractivity contribution in [2.75, 3.05) is 62.7 Å². The maximum atomic E-state index is 13.4. The van der Waals surface area contributed by atoms with E-state index in [0.717, 1.165) is 24.1 Å². The number of aliphatic hydroxyl groups excluding tert-OH is 1. The third kappa shape index (κ3) is 8.21. The second-order valence-corrected chi connectivity index (χ2v) is 13.0. The highest BCUT2D eigenvalue weighted by Crippen LogP contribution is 2.34. The van der Waals surface area contributed by atoms with Gasteiger partial charge in [0.25, 0.3) is 0 Å². The first kappa shape index (κ1) is 33.1. The fraction of sp³-hybridized carbons (Fsp3) is 0.545. The number of carbonyl (C=O) groups is 2. The Morgan fingerprint density at radius 3 is 2.66 bits per heavy atom. The van der Waals surface area contributed by atoms with E-state index in [1.807, 2.05) is 35.8 Å². The van der Waals surface area contributed by atoms with Crippen LogP contribution >= 0.6 is 11.6 Å². The van der Waals surface area contributed by atoms with Crippen LogP contribution in [0.2, 0.25) is 5.02 Å². The highest BCUT2D eigenvalue weighted by molar-refractivity contribution is 6.33. The smallest absolute Gasteiger partial charge is 0.228 e. The molecule has 1 atom stereocenters. The molecule has 2 saturated heterocycles. The van der Waals surface area contributed by atoms with Crippen LogP contribution in [-0.2, 0) is 29.1 Å². The lowest BCUT2D eigenvalue weighted by Crippen LogP contribution is -2.50. The first-order valence-electron chi connectivity index (χ1n) is 16.2. The largest absolute Gasteiger partial charge is 0.484 e. The van der Waals surface area contributed by atoms with E-state index in [1.165, 1.54) is 6.39 Å². The van der Waals surface area contributed by atoms with Crippen LogP contribution in [0.4, 0.5) is 11.8 Å². The minimum atomic E-state index is -0.682. The Morgan fingerprint density at radius 2 is 1.96 bits per heavy atom. The number of rotatable bonds is 13. The highest BCUT2D eigenvalue weighted by atomic mass is 35.5. The van der Waals surface area contributed by atoms with Gasteiger partial charge in [0, 0.05) is 64.2 Å². The first-order valence-corrected chi connectivity index (χ1v) is 16.6. The van der Waals surface area contributed by atoms with Crippen LogP contribution in [0.25, 0.3) is 0 Å². The van der Waals surface area contributed by atoms with Crippen molar-refractivity contribution in [3.63, 3.8) is 0 Å². The Balaban J connectivity index is 1.03. The molecule has 0 unspecified atom stereocenters. The predicted molar refractivity (Wildman–Crippen MR) is 175 cm³/mol. The van der Waals surface area contributed by atoms with Gasteiger partial charge in [-0.25, -0.2) is 9.97 Å². The van der Waals surface area contributed by atoms with Gasteiger partial charge in [0.2, 0.25) is 11.9 Å². The summed E-state index contributed by atoms with van der Waals surface area (Å²) in [4.78, 5) is 45.2. The number of Topliss-reactive ketones (excluding diaryl/α,β-unsaturated/α-hetero) is 1. The molecule has 13 nitrogen and oxygen atoms in total. The van der Waals surface area contributed by atoms with E-state index < -0.39 is 6.10 Å². The fourth-order valence-electron chi connectivity index (χ4n) is 6.01. The average Bonchev–Trinajstić information content (AvgIpc) is 3.58. The van der Waals surface area contributed by atoms with Gasteiger partial charge in [-0.05, 0) is 30.0 Å². The van der Waals surface area contributed by atoms with Gasteiger partial charge < -0.3 is 34.1 Å². The maximum absolute atomic E-state index is 13.4. The summed E-state index contributed by atoms with van der Waals surface area (Å²) in [7, 11) is 0. The summed E-state index contributed by atoms with van der Waals surface area (Å²) in [6.07, 6.45) is 3.48. The molecule has 2 N–H and O–H groups in total. The number of hydrogen-bond donors (Lipinski definition) is 2. The maximum Gasteiger partial charge on any atom is 0.228 e. The molecule has 0 aliphatic carbocycles. The predicted octanol–water partition coefficient (Wildman–Crippen LogP) is 3.19. The second-order valence-electron chi connectivity index (χ2n) is 12.7. The summed E-state index contributed by atoms with van der Waals surface area (Å²) in [5.41, 5.74) is 2.46. The van der Waals surface area contributed by atoms with Gasteiger partial charge in [0.15, 0.2) is 17.9 Å². The lowest BCUT2D eigenvalue weighted by Gasteiger charge is -2.36. The number of aromatic nitrogens is 3. The number of hydrogen-bond acceptors (Lipinski definition) is 12. The molecule has 1 aromatic carbocycles. The number of aliphatic hydroxyl groups is 1. The van der Waals surface area contributed by atoms with Crippen molar-refractivity contribution in [2.45, 2.75) is 58.4 Å². The molecule has 14 heteroatoms. The molecule has 6 rings (SSSR count). The van der Waals surface area contributed by atoms with Gasteiger partial charge in [-0.1, -0.05) is 31.5 Å². The number of nitrogens with zero attached hydrogens (tertiary/aromatic N) is 6. The van der Waals surface area contributed by atoms with Crippen LogP contribution < -0.4 is 15.0 Å². The molecule has 0 saturated carbocycles.